The molecule has 0 saturated heterocycles. The standard InChI is InChI=1S/C20H34OSi2/c1-9-23(10-2,11-3)13-12-19(21)18-14-16(4)17(5)15-20(18)22(6,7)8/h9-11,14-15H2,1-8H3. The van der Waals surface area contributed by atoms with E-state index in [4.69, 9.17) is 0 Å². The monoisotopic (exact) mass is 346 g/mol. The third kappa shape index (κ3) is 4.81. The normalized spacial score (nSPS) is 16.3. The van der Waals surface area contributed by atoms with Crippen molar-refractivity contribution in [3.63, 3.8) is 0 Å². The van der Waals surface area contributed by atoms with E-state index in [0.717, 1.165) is 36.5 Å². The van der Waals surface area contributed by atoms with E-state index in [-0.39, 0.29) is 5.78 Å². The van der Waals surface area contributed by atoms with Gasteiger partial charge in [-0.15, -0.1) is 5.54 Å². The van der Waals surface area contributed by atoms with Crippen LogP contribution in [0.2, 0.25) is 37.8 Å². The summed E-state index contributed by atoms with van der Waals surface area (Å²) in [5, 5.41) is 1.43. The molecule has 0 atom stereocenters. The molecule has 0 unspecified atom stereocenters. The van der Waals surface area contributed by atoms with Crippen LogP contribution in [0.15, 0.2) is 21.9 Å². The van der Waals surface area contributed by atoms with Crippen LogP contribution in [0.3, 0.4) is 0 Å². The predicted molar refractivity (Wildman–Crippen MR) is 108 cm³/mol. The van der Waals surface area contributed by atoms with Crippen LogP contribution in [0.5, 0.6) is 0 Å². The van der Waals surface area contributed by atoms with E-state index in [9.17, 15) is 4.79 Å². The molecule has 0 aromatic carbocycles. The fourth-order valence-corrected chi connectivity index (χ4v) is 7.57. The fourth-order valence-electron chi connectivity index (χ4n) is 3.26. The Bertz CT molecular complexity index is 579. The number of allylic oxidation sites excluding steroid dienone is 4. The van der Waals surface area contributed by atoms with Gasteiger partial charge in [-0.1, -0.05) is 56.8 Å². The van der Waals surface area contributed by atoms with Gasteiger partial charge in [0.25, 0.3) is 0 Å². The Hall–Kier alpha value is -0.856. The van der Waals surface area contributed by atoms with Gasteiger partial charge in [0.15, 0.2) is 0 Å². The Kier molecular flexibility index (Phi) is 6.86. The highest BCUT2D eigenvalue weighted by molar-refractivity contribution is 6.87. The maximum Gasteiger partial charge on any atom is 0.231 e. The summed E-state index contributed by atoms with van der Waals surface area (Å²) < 4.78 is 0. The maximum absolute atomic E-state index is 12.9. The Morgan fingerprint density at radius 1 is 0.957 bits per heavy atom. The van der Waals surface area contributed by atoms with Gasteiger partial charge in [0.05, 0.1) is 8.07 Å². The van der Waals surface area contributed by atoms with Crippen molar-refractivity contribution in [2.24, 2.45) is 0 Å². The van der Waals surface area contributed by atoms with Crippen LogP contribution in [0.1, 0.15) is 47.5 Å². The first-order valence-corrected chi connectivity index (χ1v) is 15.2. The molecule has 0 aromatic heterocycles. The van der Waals surface area contributed by atoms with Crippen LogP contribution < -0.4 is 0 Å². The molecule has 0 amide bonds. The molecule has 0 bridgehead atoms. The van der Waals surface area contributed by atoms with Gasteiger partial charge in [-0.25, -0.2) is 0 Å². The van der Waals surface area contributed by atoms with Crippen molar-refractivity contribution in [3.05, 3.63) is 21.9 Å². The third-order valence-corrected chi connectivity index (χ3v) is 12.6. The van der Waals surface area contributed by atoms with Crippen LogP contribution in [-0.2, 0) is 4.79 Å². The highest BCUT2D eigenvalue weighted by Crippen LogP contribution is 2.35. The summed E-state index contributed by atoms with van der Waals surface area (Å²) in [5.41, 5.74) is 7.33. The summed E-state index contributed by atoms with van der Waals surface area (Å²) in [5.74, 6) is 3.21. The molecule has 23 heavy (non-hydrogen) atoms. The highest BCUT2D eigenvalue weighted by atomic mass is 28.3. The summed E-state index contributed by atoms with van der Waals surface area (Å²) in [6.45, 7) is 18.1. The summed E-state index contributed by atoms with van der Waals surface area (Å²) in [6, 6.07) is 3.45. The first-order valence-electron chi connectivity index (χ1n) is 9.05. The molecule has 0 radical (unpaired) electrons. The van der Waals surface area contributed by atoms with Crippen molar-refractivity contribution < 1.29 is 4.79 Å². The van der Waals surface area contributed by atoms with Gasteiger partial charge in [0, 0.05) is 5.57 Å². The fraction of sp³-hybridized carbons (Fsp3) is 0.650. The molecular weight excluding hydrogens is 312 g/mol. The van der Waals surface area contributed by atoms with Gasteiger partial charge in [-0.3, -0.25) is 4.79 Å². The average Bonchev–Trinajstić information content (AvgIpc) is 2.50. The lowest BCUT2D eigenvalue weighted by atomic mass is 9.91. The topological polar surface area (TPSA) is 17.1 Å². The molecule has 0 fully saturated rings. The summed E-state index contributed by atoms with van der Waals surface area (Å²) in [6.07, 6.45) is 1.81. The Balaban J connectivity index is 3.24. The van der Waals surface area contributed by atoms with E-state index in [1.54, 1.807) is 0 Å². The zero-order valence-corrected chi connectivity index (χ0v) is 18.4. The average molecular weight is 347 g/mol. The lowest BCUT2D eigenvalue weighted by Crippen LogP contribution is -2.31. The number of hydrogen-bond acceptors (Lipinski definition) is 1. The number of carbonyl (C=O) groups is 1. The number of Topliss-reactive ketones (excluding diaryl/α,β-unsaturated/α-hetero) is 1. The Labute approximate surface area is 145 Å². The SMILES string of the molecule is CC[Si](C#CC(=O)C1=C([Si](C)(C)C)CC(C)=C(C)C1)(CC)CC. The molecule has 1 aliphatic carbocycles. The van der Waals surface area contributed by atoms with E-state index >= 15 is 0 Å². The van der Waals surface area contributed by atoms with E-state index in [1.165, 1.54) is 16.3 Å². The van der Waals surface area contributed by atoms with Gasteiger partial charge in [0.1, 0.15) is 8.07 Å². The van der Waals surface area contributed by atoms with Crippen molar-refractivity contribution in [3.8, 4) is 11.5 Å². The molecule has 1 nitrogen and oxygen atoms in total. The minimum atomic E-state index is -1.55. The van der Waals surface area contributed by atoms with Crippen molar-refractivity contribution in [1.82, 2.24) is 0 Å². The van der Waals surface area contributed by atoms with Crippen molar-refractivity contribution in [2.75, 3.05) is 0 Å². The second-order valence-electron chi connectivity index (χ2n) is 8.04. The van der Waals surface area contributed by atoms with Crippen LogP contribution in [-0.4, -0.2) is 21.9 Å². The minimum absolute atomic E-state index is 0.112. The number of carbonyl (C=O) groups excluding carboxylic acids is 1. The molecule has 0 aliphatic heterocycles. The van der Waals surface area contributed by atoms with Crippen molar-refractivity contribution in [2.45, 2.75) is 85.2 Å². The lowest BCUT2D eigenvalue weighted by Gasteiger charge is -2.29. The third-order valence-electron chi connectivity index (χ3n) is 5.63. The lowest BCUT2D eigenvalue weighted by molar-refractivity contribution is -0.110. The highest BCUT2D eigenvalue weighted by Gasteiger charge is 2.30. The largest absolute Gasteiger partial charge is 0.280 e. The summed E-state index contributed by atoms with van der Waals surface area (Å²) in [7, 11) is -3.03. The number of rotatable bonds is 5. The van der Waals surface area contributed by atoms with E-state index in [0.29, 0.717) is 0 Å². The smallest absolute Gasteiger partial charge is 0.231 e. The van der Waals surface area contributed by atoms with Gasteiger partial charge in [-0.2, -0.15) is 0 Å². The zero-order valence-electron chi connectivity index (χ0n) is 16.4. The predicted octanol–water partition coefficient (Wildman–Crippen LogP) is 5.91. The van der Waals surface area contributed by atoms with E-state index in [2.05, 4.69) is 65.7 Å². The van der Waals surface area contributed by atoms with Crippen molar-refractivity contribution >= 4 is 21.9 Å². The first-order chi connectivity index (χ1) is 10.6. The zero-order chi connectivity index (χ0) is 17.8. The first kappa shape index (κ1) is 20.2. The minimum Gasteiger partial charge on any atom is -0.280 e. The molecule has 0 heterocycles. The quantitative estimate of drug-likeness (QED) is 0.343. The van der Waals surface area contributed by atoms with E-state index in [1.807, 2.05) is 0 Å². The molecule has 1 aliphatic rings. The Morgan fingerprint density at radius 2 is 1.43 bits per heavy atom. The van der Waals surface area contributed by atoms with Gasteiger partial charge in [-0.05, 0) is 50.7 Å². The molecule has 0 N–H and O–H groups in total. The maximum atomic E-state index is 12.9. The van der Waals surface area contributed by atoms with E-state index < -0.39 is 16.1 Å². The van der Waals surface area contributed by atoms with Crippen molar-refractivity contribution in [1.29, 1.82) is 0 Å². The second-order valence-corrected chi connectivity index (χ2v) is 18.1. The number of hydrogen-bond donors (Lipinski definition) is 0. The molecule has 0 spiro atoms. The number of ketones is 1. The molecule has 0 saturated carbocycles. The van der Waals surface area contributed by atoms with Crippen LogP contribution in [0, 0.1) is 11.5 Å². The van der Waals surface area contributed by atoms with Gasteiger partial charge in [0.2, 0.25) is 5.78 Å². The molecule has 1 rings (SSSR count). The van der Waals surface area contributed by atoms with Gasteiger partial charge >= 0.3 is 0 Å². The van der Waals surface area contributed by atoms with Crippen LogP contribution in [0.25, 0.3) is 0 Å². The molecule has 3 heteroatoms. The Morgan fingerprint density at radius 3 is 1.87 bits per heavy atom. The molecule has 128 valence electrons. The van der Waals surface area contributed by atoms with Crippen LogP contribution >= 0.6 is 0 Å². The van der Waals surface area contributed by atoms with Gasteiger partial charge < -0.3 is 0 Å². The summed E-state index contributed by atoms with van der Waals surface area (Å²) in [4.78, 5) is 12.9. The van der Waals surface area contributed by atoms with Crippen LogP contribution in [0.4, 0.5) is 0 Å². The summed E-state index contributed by atoms with van der Waals surface area (Å²) >= 11 is 0. The molecule has 0 aromatic rings. The second kappa shape index (κ2) is 7.81. The molecular formula is C20H34OSi2.